The number of hydrogen-bond acceptors (Lipinski definition) is 3. The van der Waals surface area contributed by atoms with Crippen LogP contribution in [-0.4, -0.2) is 22.7 Å². The van der Waals surface area contributed by atoms with Crippen LogP contribution in [0.5, 0.6) is 0 Å². The summed E-state index contributed by atoms with van der Waals surface area (Å²) >= 11 is 0. The highest BCUT2D eigenvalue weighted by Gasteiger charge is 2.09. The molecule has 0 aliphatic rings. The smallest absolute Gasteiger partial charge is 0.0584 e. The van der Waals surface area contributed by atoms with Crippen LogP contribution in [0.15, 0.2) is 24.5 Å². The van der Waals surface area contributed by atoms with Crippen LogP contribution in [0.4, 0.5) is 0 Å². The first-order chi connectivity index (χ1) is 6.77. The zero-order valence-electron chi connectivity index (χ0n) is 8.77. The second-order valence-corrected chi connectivity index (χ2v) is 3.46. The van der Waals surface area contributed by atoms with Crippen LogP contribution in [0.25, 0.3) is 0 Å². The molecule has 3 heteroatoms. The van der Waals surface area contributed by atoms with E-state index in [1.165, 1.54) is 5.56 Å². The van der Waals surface area contributed by atoms with E-state index in [1.807, 2.05) is 12.1 Å². The van der Waals surface area contributed by atoms with Gasteiger partial charge in [0.2, 0.25) is 0 Å². The van der Waals surface area contributed by atoms with Gasteiger partial charge in [-0.2, -0.15) is 0 Å². The minimum absolute atomic E-state index is 0.179. The summed E-state index contributed by atoms with van der Waals surface area (Å²) in [5, 5.41) is 12.4. The van der Waals surface area contributed by atoms with Crippen molar-refractivity contribution >= 4 is 0 Å². The molecule has 0 saturated carbocycles. The molecular formula is C11H18N2O. The number of aliphatic hydroxyl groups excluding tert-OH is 1. The molecule has 0 aromatic carbocycles. The molecule has 1 heterocycles. The maximum absolute atomic E-state index is 9.05. The molecule has 0 radical (unpaired) electrons. The van der Waals surface area contributed by atoms with Crippen LogP contribution >= 0.6 is 0 Å². The van der Waals surface area contributed by atoms with Gasteiger partial charge in [-0.05, 0) is 31.0 Å². The Balaban J connectivity index is 2.54. The summed E-state index contributed by atoms with van der Waals surface area (Å²) < 4.78 is 0. The van der Waals surface area contributed by atoms with Gasteiger partial charge in [0, 0.05) is 24.5 Å². The molecule has 0 aliphatic heterocycles. The molecule has 0 spiro atoms. The summed E-state index contributed by atoms with van der Waals surface area (Å²) in [4.78, 5) is 3.97. The highest BCUT2D eigenvalue weighted by Crippen LogP contribution is 2.11. The van der Waals surface area contributed by atoms with Gasteiger partial charge < -0.3 is 10.4 Å². The molecular weight excluding hydrogens is 176 g/mol. The fourth-order valence-corrected chi connectivity index (χ4v) is 1.40. The van der Waals surface area contributed by atoms with E-state index in [0.717, 1.165) is 6.42 Å². The molecule has 1 rings (SSSR count). The third kappa shape index (κ3) is 3.09. The molecule has 0 bridgehead atoms. The van der Waals surface area contributed by atoms with Gasteiger partial charge in [-0.15, -0.1) is 0 Å². The highest BCUT2D eigenvalue weighted by atomic mass is 16.3. The average molecular weight is 194 g/mol. The topological polar surface area (TPSA) is 45.1 Å². The minimum Gasteiger partial charge on any atom is -0.395 e. The lowest BCUT2D eigenvalue weighted by atomic mass is 10.1. The van der Waals surface area contributed by atoms with Gasteiger partial charge in [0.1, 0.15) is 0 Å². The van der Waals surface area contributed by atoms with E-state index in [9.17, 15) is 0 Å². The molecule has 1 aromatic heterocycles. The number of aromatic nitrogens is 1. The lowest BCUT2D eigenvalue weighted by Crippen LogP contribution is -2.33. The Kier molecular flexibility index (Phi) is 4.56. The van der Waals surface area contributed by atoms with Gasteiger partial charge in [-0.3, -0.25) is 4.98 Å². The number of hydrogen-bond donors (Lipinski definition) is 2. The molecule has 1 aromatic rings. The Morgan fingerprint density at radius 1 is 1.43 bits per heavy atom. The zero-order chi connectivity index (χ0) is 10.4. The van der Waals surface area contributed by atoms with E-state index in [0.29, 0.717) is 0 Å². The van der Waals surface area contributed by atoms with E-state index in [-0.39, 0.29) is 18.7 Å². The number of pyridine rings is 1. The third-order valence-corrected chi connectivity index (χ3v) is 2.40. The van der Waals surface area contributed by atoms with Crippen molar-refractivity contribution in [1.82, 2.24) is 10.3 Å². The lowest BCUT2D eigenvalue weighted by Gasteiger charge is -2.20. The van der Waals surface area contributed by atoms with Crippen LogP contribution in [-0.2, 0) is 0 Å². The van der Waals surface area contributed by atoms with Crippen molar-refractivity contribution in [2.24, 2.45) is 0 Å². The number of rotatable bonds is 5. The second-order valence-electron chi connectivity index (χ2n) is 3.46. The normalized spacial score (nSPS) is 15.1. The second kappa shape index (κ2) is 5.73. The lowest BCUT2D eigenvalue weighted by molar-refractivity contribution is 0.230. The van der Waals surface area contributed by atoms with Gasteiger partial charge in [0.15, 0.2) is 0 Å². The predicted molar refractivity (Wildman–Crippen MR) is 57.0 cm³/mol. The van der Waals surface area contributed by atoms with Crippen molar-refractivity contribution in [2.45, 2.75) is 32.4 Å². The number of nitrogens with one attached hydrogen (secondary N) is 1. The Labute approximate surface area is 85.2 Å². The fraction of sp³-hybridized carbons (Fsp3) is 0.545. The summed E-state index contributed by atoms with van der Waals surface area (Å²) in [5.74, 6) is 0. The summed E-state index contributed by atoms with van der Waals surface area (Å²) in [5.41, 5.74) is 1.20. The van der Waals surface area contributed by atoms with Crippen LogP contribution in [0.1, 0.15) is 31.9 Å². The molecule has 14 heavy (non-hydrogen) atoms. The standard InChI is InChI=1S/C11H18N2O/c1-3-11(8-14)13-9(2)10-4-6-12-7-5-10/h4-7,9,11,13-14H,3,8H2,1-2H3/t9?,11-/m0/s1. The molecule has 0 saturated heterocycles. The molecule has 0 amide bonds. The first-order valence-electron chi connectivity index (χ1n) is 5.04. The molecule has 0 fully saturated rings. The van der Waals surface area contributed by atoms with Gasteiger partial charge in [0.05, 0.1) is 6.61 Å². The summed E-state index contributed by atoms with van der Waals surface area (Å²) in [6.07, 6.45) is 4.51. The maximum atomic E-state index is 9.05. The molecule has 78 valence electrons. The van der Waals surface area contributed by atoms with Gasteiger partial charge >= 0.3 is 0 Å². The van der Waals surface area contributed by atoms with E-state index < -0.39 is 0 Å². The first-order valence-corrected chi connectivity index (χ1v) is 5.04. The molecule has 3 nitrogen and oxygen atoms in total. The quantitative estimate of drug-likeness (QED) is 0.746. The maximum Gasteiger partial charge on any atom is 0.0584 e. The Morgan fingerprint density at radius 3 is 2.57 bits per heavy atom. The van der Waals surface area contributed by atoms with Gasteiger partial charge in [0.25, 0.3) is 0 Å². The van der Waals surface area contributed by atoms with Crippen molar-refractivity contribution in [3.05, 3.63) is 30.1 Å². The Bertz CT molecular complexity index is 247. The zero-order valence-corrected chi connectivity index (χ0v) is 8.77. The van der Waals surface area contributed by atoms with Crippen LogP contribution in [0.2, 0.25) is 0 Å². The Hall–Kier alpha value is -0.930. The van der Waals surface area contributed by atoms with E-state index in [2.05, 4.69) is 24.1 Å². The van der Waals surface area contributed by atoms with Crippen molar-refractivity contribution < 1.29 is 5.11 Å². The van der Waals surface area contributed by atoms with Crippen molar-refractivity contribution in [2.75, 3.05) is 6.61 Å². The monoisotopic (exact) mass is 194 g/mol. The summed E-state index contributed by atoms with van der Waals surface area (Å²) in [6.45, 7) is 4.34. The molecule has 1 unspecified atom stereocenters. The van der Waals surface area contributed by atoms with E-state index >= 15 is 0 Å². The summed E-state index contributed by atoms with van der Waals surface area (Å²) in [7, 11) is 0. The minimum atomic E-state index is 0.179. The average Bonchev–Trinajstić information content (AvgIpc) is 2.26. The van der Waals surface area contributed by atoms with Crippen LogP contribution in [0, 0.1) is 0 Å². The van der Waals surface area contributed by atoms with Crippen LogP contribution < -0.4 is 5.32 Å². The third-order valence-electron chi connectivity index (χ3n) is 2.40. The molecule has 2 atom stereocenters. The highest BCUT2D eigenvalue weighted by molar-refractivity contribution is 5.14. The SMILES string of the molecule is CC[C@@H](CO)NC(C)c1ccncc1. The Morgan fingerprint density at radius 2 is 2.07 bits per heavy atom. The van der Waals surface area contributed by atoms with Crippen LogP contribution in [0.3, 0.4) is 0 Å². The molecule has 2 N–H and O–H groups in total. The van der Waals surface area contributed by atoms with Crippen molar-refractivity contribution in [3.8, 4) is 0 Å². The largest absolute Gasteiger partial charge is 0.395 e. The van der Waals surface area contributed by atoms with Crippen molar-refractivity contribution in [3.63, 3.8) is 0 Å². The first kappa shape index (κ1) is 11.1. The fourth-order valence-electron chi connectivity index (χ4n) is 1.40. The predicted octanol–water partition coefficient (Wildman–Crippen LogP) is 1.50. The van der Waals surface area contributed by atoms with Gasteiger partial charge in [-0.1, -0.05) is 6.92 Å². The number of aliphatic hydroxyl groups is 1. The summed E-state index contributed by atoms with van der Waals surface area (Å²) in [6, 6.07) is 4.41. The van der Waals surface area contributed by atoms with Gasteiger partial charge in [-0.25, -0.2) is 0 Å². The number of nitrogens with zero attached hydrogens (tertiary/aromatic N) is 1. The van der Waals surface area contributed by atoms with Crippen molar-refractivity contribution in [1.29, 1.82) is 0 Å². The van der Waals surface area contributed by atoms with E-state index in [4.69, 9.17) is 5.11 Å². The van der Waals surface area contributed by atoms with E-state index in [1.54, 1.807) is 12.4 Å². The molecule has 0 aliphatic carbocycles.